The zero-order valence-corrected chi connectivity index (χ0v) is 42.6. The Bertz CT molecular complexity index is 2130. The van der Waals surface area contributed by atoms with Crippen LogP contribution in [-0.4, -0.2) is 177 Å². The number of carbonyl (C=O) groups excluding carboxylic acids is 9. The van der Waals surface area contributed by atoms with Crippen LogP contribution in [0.5, 0.6) is 0 Å². The molecule has 22 heteroatoms. The van der Waals surface area contributed by atoms with Crippen LogP contribution < -0.4 is 37.2 Å². The molecule has 0 aliphatic carbocycles. The van der Waals surface area contributed by atoms with Crippen molar-refractivity contribution in [1.82, 2.24) is 51.9 Å². The van der Waals surface area contributed by atoms with Crippen molar-refractivity contribution >= 4 is 59.1 Å². The van der Waals surface area contributed by atoms with E-state index in [1.165, 1.54) is 16.7 Å². The first-order chi connectivity index (χ1) is 34.1. The second-order valence-corrected chi connectivity index (χ2v) is 20.5. The molecule has 72 heavy (non-hydrogen) atoms. The predicted octanol–water partition coefficient (Wildman–Crippen LogP) is -1.07. The quantitative estimate of drug-likeness (QED) is 0.0670. The average molecular weight is 1010 g/mol. The molecule has 4 heterocycles. The van der Waals surface area contributed by atoms with Crippen LogP contribution in [0.1, 0.15) is 105 Å². The molecule has 4 aliphatic heterocycles. The summed E-state index contributed by atoms with van der Waals surface area (Å²) < 4.78 is 0. The van der Waals surface area contributed by atoms with E-state index in [-0.39, 0.29) is 37.2 Å². The van der Waals surface area contributed by atoms with Gasteiger partial charge >= 0.3 is 5.97 Å². The number of likely N-dealkylation sites (tertiary alicyclic amines) is 3. The first-order valence-corrected chi connectivity index (χ1v) is 25.5. The Hall–Kier alpha value is -6.16. The number of hydrogen-bond acceptors (Lipinski definition) is 12. The molecule has 0 radical (unpaired) electrons. The smallest absolute Gasteiger partial charge is 0.322 e. The minimum Gasteiger partial charge on any atom is -0.480 e. The molecule has 398 valence electrons. The van der Waals surface area contributed by atoms with E-state index in [2.05, 4.69) is 37.2 Å². The van der Waals surface area contributed by atoms with Crippen LogP contribution >= 0.6 is 0 Å². The summed E-state index contributed by atoms with van der Waals surface area (Å²) >= 11 is 0. The van der Waals surface area contributed by atoms with Gasteiger partial charge in [-0.1, -0.05) is 71.9 Å². The number of benzene rings is 1. The molecule has 1 aromatic carbocycles. The SMILES string of the molecule is CC(C)[C@H](NC(=O)[C@@H](NC(=O)[C@@H]1CCCN1C(=O)[C@@H]1CCCN1C(=O)[C@@H]1CCCN1)C(C)C)C(=O)N[C@H](C(=O)N[C@H](C(=O)N[C@@H](Cc1ccccc1)C(=O)N1CCC[C@H]1C(=O)NCC(=O)O)[C@@H](C)O)C(C)C. The second-order valence-electron chi connectivity index (χ2n) is 20.5. The number of carboxylic acids is 1. The van der Waals surface area contributed by atoms with E-state index in [0.29, 0.717) is 57.2 Å². The van der Waals surface area contributed by atoms with E-state index >= 15 is 0 Å². The van der Waals surface area contributed by atoms with Crippen molar-refractivity contribution in [3.63, 3.8) is 0 Å². The summed E-state index contributed by atoms with van der Waals surface area (Å²) in [6, 6.07) is -0.675. The Morgan fingerprint density at radius 1 is 0.569 bits per heavy atom. The van der Waals surface area contributed by atoms with Gasteiger partial charge in [0.15, 0.2) is 0 Å². The molecule has 9 N–H and O–H groups in total. The third-order valence-electron chi connectivity index (χ3n) is 14.0. The van der Waals surface area contributed by atoms with Gasteiger partial charge < -0.3 is 62.1 Å². The highest BCUT2D eigenvalue weighted by atomic mass is 16.4. The molecule has 4 fully saturated rings. The third kappa shape index (κ3) is 14.5. The van der Waals surface area contributed by atoms with Gasteiger partial charge in [0.05, 0.1) is 12.1 Å². The van der Waals surface area contributed by atoms with Gasteiger partial charge in [-0.2, -0.15) is 0 Å². The molecule has 1 aromatic rings. The van der Waals surface area contributed by atoms with Crippen molar-refractivity contribution in [2.24, 2.45) is 17.8 Å². The number of carboxylic acid groups (broad SMARTS) is 1. The van der Waals surface area contributed by atoms with E-state index in [9.17, 15) is 53.1 Å². The van der Waals surface area contributed by atoms with E-state index in [4.69, 9.17) is 5.11 Å². The van der Waals surface area contributed by atoms with Crippen molar-refractivity contribution in [3.8, 4) is 0 Å². The van der Waals surface area contributed by atoms with E-state index in [1.807, 2.05) is 0 Å². The Labute approximate surface area is 421 Å². The van der Waals surface area contributed by atoms with Gasteiger partial charge in [-0.3, -0.25) is 47.9 Å². The minimum absolute atomic E-state index is 0.0279. The van der Waals surface area contributed by atoms with Crippen LogP contribution in [0.25, 0.3) is 0 Å². The largest absolute Gasteiger partial charge is 0.480 e. The Morgan fingerprint density at radius 3 is 1.54 bits per heavy atom. The zero-order chi connectivity index (χ0) is 53.0. The number of amides is 9. The highest BCUT2D eigenvalue weighted by Crippen LogP contribution is 2.27. The molecule has 0 spiro atoms. The standard InChI is InChI=1S/C50H76N10O12/c1-27(2)38(54-43(65)35-19-13-23-59(35)50(72)36-20-14-24-60(36)48(70)32-17-11-21-51-32)44(66)55-39(28(3)4)45(67)56-40(29(5)6)46(68)57-41(30(7)61)47(69)53-33(25-31-15-9-8-10-16-31)49(71)58-22-12-18-34(58)42(64)52-26-37(62)63/h8-10,15-16,27-30,32-36,38-41,51,61H,11-14,17-26H2,1-7H3,(H,52,64)(H,53,69)(H,54,65)(H,55,66)(H,56,67)(H,57,68)(H,62,63)/t30-,32+,33+,34+,35+,36+,38+,39+,40+,41+/m1/s1. The first-order valence-electron chi connectivity index (χ1n) is 25.5. The van der Waals surface area contributed by atoms with Crippen molar-refractivity contribution < 1.29 is 58.2 Å². The summed E-state index contributed by atoms with van der Waals surface area (Å²) in [5, 5.41) is 38.9. The van der Waals surface area contributed by atoms with Crippen molar-refractivity contribution in [1.29, 1.82) is 0 Å². The third-order valence-corrected chi connectivity index (χ3v) is 14.0. The van der Waals surface area contributed by atoms with Gasteiger partial charge in [0.1, 0.15) is 54.9 Å². The lowest BCUT2D eigenvalue weighted by molar-refractivity contribution is -0.147. The van der Waals surface area contributed by atoms with Gasteiger partial charge in [0.25, 0.3) is 0 Å². The van der Waals surface area contributed by atoms with Gasteiger partial charge in [0, 0.05) is 26.1 Å². The van der Waals surface area contributed by atoms with E-state index in [0.717, 1.165) is 13.0 Å². The first kappa shape index (κ1) is 56.8. The van der Waals surface area contributed by atoms with Gasteiger partial charge in [-0.25, -0.2) is 0 Å². The fourth-order valence-electron chi connectivity index (χ4n) is 9.96. The molecule has 0 unspecified atom stereocenters. The van der Waals surface area contributed by atoms with Gasteiger partial charge in [0.2, 0.25) is 53.2 Å². The van der Waals surface area contributed by atoms with E-state index in [1.54, 1.807) is 76.8 Å². The Morgan fingerprint density at radius 2 is 1.04 bits per heavy atom. The van der Waals surface area contributed by atoms with Crippen molar-refractivity contribution in [2.45, 2.75) is 167 Å². The maximum Gasteiger partial charge on any atom is 0.322 e. The number of rotatable bonds is 22. The summed E-state index contributed by atoms with van der Waals surface area (Å²) in [6.07, 6.45) is 2.85. The van der Waals surface area contributed by atoms with Crippen LogP contribution in [0.4, 0.5) is 0 Å². The van der Waals surface area contributed by atoms with Crippen LogP contribution in [-0.2, 0) is 54.4 Å². The van der Waals surface area contributed by atoms with Crippen LogP contribution in [0.3, 0.4) is 0 Å². The summed E-state index contributed by atoms with van der Waals surface area (Å²) in [4.78, 5) is 140. The number of nitrogens with zero attached hydrogens (tertiary/aromatic N) is 3. The second kappa shape index (κ2) is 26.0. The molecule has 9 amide bonds. The highest BCUT2D eigenvalue weighted by Gasteiger charge is 2.45. The number of hydrogen-bond donors (Lipinski definition) is 9. The fourth-order valence-corrected chi connectivity index (χ4v) is 9.96. The fraction of sp³-hybridized carbons (Fsp3) is 0.680. The highest BCUT2D eigenvalue weighted by molar-refractivity contribution is 5.99. The summed E-state index contributed by atoms with van der Waals surface area (Å²) in [5.41, 5.74) is 0.654. The van der Waals surface area contributed by atoms with Crippen molar-refractivity contribution in [3.05, 3.63) is 35.9 Å². The number of nitrogens with one attached hydrogen (secondary N) is 7. The molecule has 22 nitrogen and oxygen atoms in total. The normalized spacial score (nSPS) is 22.4. The topological polar surface area (TPSA) is 305 Å². The average Bonchev–Trinajstić information content (AvgIpc) is 4.19. The van der Waals surface area contributed by atoms with Crippen molar-refractivity contribution in [2.75, 3.05) is 32.7 Å². The summed E-state index contributed by atoms with van der Waals surface area (Å²) in [5.74, 6) is -8.23. The Balaban J connectivity index is 1.24. The number of carbonyl (C=O) groups is 10. The molecule has 0 bridgehead atoms. The van der Waals surface area contributed by atoms with E-state index < -0.39 is 126 Å². The lowest BCUT2D eigenvalue weighted by atomic mass is 9.97. The minimum atomic E-state index is -1.63. The van der Waals surface area contributed by atoms with Crippen LogP contribution in [0.2, 0.25) is 0 Å². The number of aliphatic hydroxyl groups is 1. The molecule has 5 rings (SSSR count). The molecular weight excluding hydrogens is 933 g/mol. The molecule has 4 saturated heterocycles. The number of aliphatic carboxylic acids is 1. The summed E-state index contributed by atoms with van der Waals surface area (Å²) in [6.45, 7) is 12.4. The predicted molar refractivity (Wildman–Crippen MR) is 262 cm³/mol. The molecule has 0 aromatic heterocycles. The maximum absolute atomic E-state index is 14.1. The summed E-state index contributed by atoms with van der Waals surface area (Å²) in [7, 11) is 0. The molecule has 4 aliphatic rings. The lowest BCUT2D eigenvalue weighted by Gasteiger charge is -2.33. The van der Waals surface area contributed by atoms with Crippen LogP contribution in [0.15, 0.2) is 30.3 Å². The molecular formula is C50H76N10O12. The van der Waals surface area contributed by atoms with Crippen LogP contribution in [0, 0.1) is 17.8 Å². The maximum atomic E-state index is 14.1. The zero-order valence-electron chi connectivity index (χ0n) is 42.6. The Kier molecular flexibility index (Phi) is 20.5. The van der Waals surface area contributed by atoms with Gasteiger partial charge in [-0.05, 0) is 88.2 Å². The lowest BCUT2D eigenvalue weighted by Crippen LogP contribution is -2.63. The number of aliphatic hydroxyl groups excluding tert-OH is 1. The molecule has 0 saturated carbocycles. The molecule has 10 atom stereocenters. The monoisotopic (exact) mass is 1010 g/mol. The van der Waals surface area contributed by atoms with Gasteiger partial charge in [-0.15, -0.1) is 0 Å².